The van der Waals surface area contributed by atoms with E-state index in [4.69, 9.17) is 10.7 Å². The van der Waals surface area contributed by atoms with Crippen molar-refractivity contribution in [1.29, 1.82) is 0 Å². The summed E-state index contributed by atoms with van der Waals surface area (Å²) >= 11 is 1.84. The first-order valence-electron chi connectivity index (χ1n) is 6.34. The molecule has 1 aliphatic carbocycles. The third-order valence-corrected chi connectivity index (χ3v) is 5.12. The Balaban J connectivity index is 1.81. The predicted molar refractivity (Wildman–Crippen MR) is 73.2 cm³/mol. The van der Waals surface area contributed by atoms with Gasteiger partial charge >= 0.3 is 0 Å². The van der Waals surface area contributed by atoms with Gasteiger partial charge in [0.05, 0.1) is 15.2 Å². The molecule has 2 N–H and O–H groups in total. The van der Waals surface area contributed by atoms with Gasteiger partial charge in [0.15, 0.2) is 0 Å². The Bertz CT molecular complexity index is 487. The largest absolute Gasteiger partial charge is 0.327 e. The quantitative estimate of drug-likeness (QED) is 0.883. The van der Waals surface area contributed by atoms with Crippen LogP contribution in [-0.2, 0) is 6.42 Å². The number of benzene rings is 1. The minimum Gasteiger partial charge on any atom is -0.327 e. The van der Waals surface area contributed by atoms with E-state index < -0.39 is 0 Å². The van der Waals surface area contributed by atoms with E-state index in [0.29, 0.717) is 12.0 Å². The summed E-state index contributed by atoms with van der Waals surface area (Å²) in [5.74, 6) is 1.37. The molecular formula is C14H18N2S. The molecule has 0 aliphatic heterocycles. The molecule has 3 atom stereocenters. The molecule has 0 saturated heterocycles. The summed E-state index contributed by atoms with van der Waals surface area (Å²) in [5.41, 5.74) is 7.22. The summed E-state index contributed by atoms with van der Waals surface area (Å²) in [7, 11) is 0. The van der Waals surface area contributed by atoms with Crippen molar-refractivity contribution < 1.29 is 0 Å². The lowest BCUT2D eigenvalue weighted by molar-refractivity contribution is 0.390. The van der Waals surface area contributed by atoms with Crippen LogP contribution in [0.1, 0.15) is 24.8 Å². The van der Waals surface area contributed by atoms with Crippen LogP contribution in [0.2, 0.25) is 0 Å². The standard InChI is InChI=1S/C14H18N2S/c1-9-10(6-7-11(9)15)8-14-16-12-4-2-3-5-13(12)17-14/h2-5,9-11H,6-8,15H2,1H3. The molecule has 17 heavy (non-hydrogen) atoms. The van der Waals surface area contributed by atoms with Gasteiger partial charge in [-0.3, -0.25) is 0 Å². The molecule has 90 valence electrons. The number of aromatic nitrogens is 1. The number of hydrogen-bond acceptors (Lipinski definition) is 3. The van der Waals surface area contributed by atoms with Crippen molar-refractivity contribution in [2.24, 2.45) is 17.6 Å². The molecule has 1 fully saturated rings. The molecule has 0 amide bonds. The van der Waals surface area contributed by atoms with Gasteiger partial charge in [-0.1, -0.05) is 19.1 Å². The van der Waals surface area contributed by atoms with E-state index in [0.717, 1.165) is 17.9 Å². The minimum atomic E-state index is 0.398. The van der Waals surface area contributed by atoms with Gasteiger partial charge < -0.3 is 5.73 Å². The van der Waals surface area contributed by atoms with E-state index in [-0.39, 0.29) is 0 Å². The highest BCUT2D eigenvalue weighted by Crippen LogP contribution is 2.34. The Hall–Kier alpha value is -0.930. The average molecular weight is 246 g/mol. The van der Waals surface area contributed by atoms with Crippen LogP contribution in [-0.4, -0.2) is 11.0 Å². The molecule has 0 bridgehead atoms. The van der Waals surface area contributed by atoms with Gasteiger partial charge in [-0.2, -0.15) is 0 Å². The van der Waals surface area contributed by atoms with E-state index in [9.17, 15) is 0 Å². The molecule has 0 radical (unpaired) electrons. The highest BCUT2D eigenvalue weighted by molar-refractivity contribution is 7.18. The van der Waals surface area contributed by atoms with Crippen molar-refractivity contribution >= 4 is 21.6 Å². The fourth-order valence-corrected chi connectivity index (χ4v) is 3.86. The third kappa shape index (κ3) is 2.09. The van der Waals surface area contributed by atoms with Crippen molar-refractivity contribution in [3.8, 4) is 0 Å². The van der Waals surface area contributed by atoms with Crippen LogP contribution in [0, 0.1) is 11.8 Å². The van der Waals surface area contributed by atoms with E-state index in [2.05, 4.69) is 31.2 Å². The van der Waals surface area contributed by atoms with Crippen LogP contribution in [0.4, 0.5) is 0 Å². The highest BCUT2D eigenvalue weighted by atomic mass is 32.1. The fraction of sp³-hybridized carbons (Fsp3) is 0.500. The van der Waals surface area contributed by atoms with Gasteiger partial charge in [0, 0.05) is 12.5 Å². The summed E-state index contributed by atoms with van der Waals surface area (Å²) < 4.78 is 1.30. The zero-order valence-electron chi connectivity index (χ0n) is 10.1. The van der Waals surface area contributed by atoms with Crippen molar-refractivity contribution in [3.63, 3.8) is 0 Å². The second-order valence-corrected chi connectivity index (χ2v) is 6.26. The van der Waals surface area contributed by atoms with Crippen LogP contribution < -0.4 is 5.73 Å². The molecule has 1 aliphatic rings. The lowest BCUT2D eigenvalue weighted by Crippen LogP contribution is -2.25. The predicted octanol–water partition coefficient (Wildman–Crippen LogP) is 3.21. The van der Waals surface area contributed by atoms with Gasteiger partial charge in [-0.25, -0.2) is 4.98 Å². The van der Waals surface area contributed by atoms with E-state index in [1.807, 2.05) is 11.3 Å². The zero-order chi connectivity index (χ0) is 11.8. The third-order valence-electron chi connectivity index (χ3n) is 4.06. The molecule has 3 rings (SSSR count). The Morgan fingerprint density at radius 1 is 1.35 bits per heavy atom. The minimum absolute atomic E-state index is 0.398. The van der Waals surface area contributed by atoms with Crippen LogP contribution in [0.25, 0.3) is 10.2 Å². The molecule has 1 aromatic heterocycles. The molecule has 1 heterocycles. The van der Waals surface area contributed by atoms with E-state index in [1.165, 1.54) is 22.5 Å². The Kier molecular flexibility index (Phi) is 2.89. The van der Waals surface area contributed by atoms with Gasteiger partial charge in [-0.15, -0.1) is 11.3 Å². The number of fused-ring (bicyclic) bond motifs is 1. The smallest absolute Gasteiger partial charge is 0.0941 e. The number of rotatable bonds is 2. The summed E-state index contributed by atoms with van der Waals surface area (Å²) in [6.45, 7) is 2.29. The highest BCUT2D eigenvalue weighted by Gasteiger charge is 2.30. The maximum Gasteiger partial charge on any atom is 0.0941 e. The lowest BCUT2D eigenvalue weighted by atomic mass is 9.93. The average Bonchev–Trinajstić information content (AvgIpc) is 2.87. The molecular weight excluding hydrogens is 228 g/mol. The molecule has 2 nitrogen and oxygen atoms in total. The van der Waals surface area contributed by atoms with Gasteiger partial charge in [-0.05, 0) is 36.8 Å². The van der Waals surface area contributed by atoms with Gasteiger partial charge in [0.25, 0.3) is 0 Å². The number of para-hydroxylation sites is 1. The molecule has 1 saturated carbocycles. The van der Waals surface area contributed by atoms with Crippen LogP contribution in [0.3, 0.4) is 0 Å². The summed E-state index contributed by atoms with van der Waals surface area (Å²) in [5, 5.41) is 1.28. The van der Waals surface area contributed by atoms with Crippen LogP contribution in [0.5, 0.6) is 0 Å². The van der Waals surface area contributed by atoms with E-state index in [1.54, 1.807) is 0 Å². The normalized spacial score (nSPS) is 28.9. The van der Waals surface area contributed by atoms with E-state index >= 15 is 0 Å². The van der Waals surface area contributed by atoms with Gasteiger partial charge in [0.1, 0.15) is 0 Å². The number of thiazole rings is 1. The lowest BCUT2D eigenvalue weighted by Gasteiger charge is -2.16. The fourth-order valence-electron chi connectivity index (χ4n) is 2.80. The maximum atomic E-state index is 6.08. The molecule has 3 unspecified atom stereocenters. The van der Waals surface area contributed by atoms with Crippen LogP contribution >= 0.6 is 11.3 Å². The molecule has 2 aromatic rings. The Morgan fingerprint density at radius 3 is 2.88 bits per heavy atom. The first-order valence-corrected chi connectivity index (χ1v) is 7.15. The summed E-state index contributed by atoms with van der Waals surface area (Å²) in [6.07, 6.45) is 3.54. The first kappa shape index (κ1) is 11.2. The van der Waals surface area contributed by atoms with Crippen molar-refractivity contribution in [1.82, 2.24) is 4.98 Å². The number of hydrogen-bond donors (Lipinski definition) is 1. The summed E-state index contributed by atoms with van der Waals surface area (Å²) in [6, 6.07) is 8.78. The second-order valence-electron chi connectivity index (χ2n) is 5.14. The number of nitrogens with two attached hydrogens (primary N) is 1. The second kappa shape index (κ2) is 4.39. The molecule has 0 spiro atoms. The molecule has 3 heteroatoms. The van der Waals surface area contributed by atoms with Crippen molar-refractivity contribution in [2.45, 2.75) is 32.2 Å². The van der Waals surface area contributed by atoms with Gasteiger partial charge in [0.2, 0.25) is 0 Å². The van der Waals surface area contributed by atoms with Crippen molar-refractivity contribution in [3.05, 3.63) is 29.3 Å². The van der Waals surface area contributed by atoms with Crippen molar-refractivity contribution in [2.75, 3.05) is 0 Å². The zero-order valence-corrected chi connectivity index (χ0v) is 10.9. The molecule has 1 aromatic carbocycles. The SMILES string of the molecule is CC1C(N)CCC1Cc1nc2ccccc2s1. The number of nitrogens with zero attached hydrogens (tertiary/aromatic N) is 1. The van der Waals surface area contributed by atoms with Crippen LogP contribution in [0.15, 0.2) is 24.3 Å². The summed E-state index contributed by atoms with van der Waals surface area (Å²) in [4.78, 5) is 4.71. The Labute approximate surface area is 106 Å². The maximum absolute atomic E-state index is 6.08. The monoisotopic (exact) mass is 246 g/mol. The Morgan fingerprint density at radius 2 is 2.18 bits per heavy atom. The topological polar surface area (TPSA) is 38.9 Å². The first-order chi connectivity index (χ1) is 8.24.